The van der Waals surface area contributed by atoms with Crippen molar-refractivity contribution in [2.24, 2.45) is 0 Å². The predicted molar refractivity (Wildman–Crippen MR) is 45.3 cm³/mol. The van der Waals surface area contributed by atoms with E-state index in [0.717, 1.165) is 0 Å². The molecule has 1 aromatic heterocycles. The molecule has 1 aromatic rings. The van der Waals surface area contributed by atoms with Gasteiger partial charge in [-0.05, 0) is 6.07 Å². The third kappa shape index (κ3) is 3.22. The van der Waals surface area contributed by atoms with Gasteiger partial charge in [0, 0.05) is 11.8 Å². The van der Waals surface area contributed by atoms with Crippen molar-refractivity contribution in [1.29, 1.82) is 0 Å². The highest BCUT2D eigenvalue weighted by atomic mass is 35.5. The number of aliphatic hydroxyl groups excluding tert-OH is 1. The topological polar surface area (TPSA) is 33.1 Å². The van der Waals surface area contributed by atoms with E-state index in [0.29, 0.717) is 0 Å². The standard InChI is InChI=1S/C8H4ClF6NO/c9-6-4(5(17)8(13,14)15)1-3(2-16-6)7(10,11)12/h1-2,5,17H. The minimum Gasteiger partial charge on any atom is -0.379 e. The molecule has 0 saturated carbocycles. The summed E-state index contributed by atoms with van der Waals surface area (Å²) in [6.45, 7) is 0. The zero-order chi connectivity index (χ0) is 13.4. The Hall–Kier alpha value is -1.02. The van der Waals surface area contributed by atoms with E-state index in [1.807, 2.05) is 0 Å². The maximum Gasteiger partial charge on any atom is 0.418 e. The first-order valence-electron chi connectivity index (χ1n) is 4.01. The molecule has 2 nitrogen and oxygen atoms in total. The number of alkyl halides is 6. The zero-order valence-electron chi connectivity index (χ0n) is 7.77. The second-order valence-electron chi connectivity index (χ2n) is 3.05. The molecule has 1 atom stereocenters. The Morgan fingerprint density at radius 1 is 1.18 bits per heavy atom. The molecule has 0 amide bonds. The maximum atomic E-state index is 12.2. The molecule has 0 aliphatic carbocycles. The van der Waals surface area contributed by atoms with E-state index < -0.39 is 34.7 Å². The highest BCUT2D eigenvalue weighted by Gasteiger charge is 2.42. The van der Waals surface area contributed by atoms with Crippen LogP contribution in [0.2, 0.25) is 5.15 Å². The van der Waals surface area contributed by atoms with Gasteiger partial charge in [-0.1, -0.05) is 11.6 Å². The van der Waals surface area contributed by atoms with Crippen LogP contribution in [0.1, 0.15) is 17.2 Å². The number of rotatable bonds is 1. The average molecular weight is 280 g/mol. The maximum absolute atomic E-state index is 12.2. The molecular formula is C8H4ClF6NO. The van der Waals surface area contributed by atoms with Gasteiger partial charge < -0.3 is 5.11 Å². The van der Waals surface area contributed by atoms with E-state index in [9.17, 15) is 26.3 Å². The van der Waals surface area contributed by atoms with Crippen molar-refractivity contribution >= 4 is 11.6 Å². The first kappa shape index (κ1) is 14.0. The number of pyridine rings is 1. The molecule has 1 rings (SSSR count). The molecule has 1 N–H and O–H groups in total. The molecule has 0 saturated heterocycles. The molecule has 0 fully saturated rings. The van der Waals surface area contributed by atoms with Crippen LogP contribution in [0.15, 0.2) is 12.3 Å². The molecule has 96 valence electrons. The summed E-state index contributed by atoms with van der Waals surface area (Å²) in [7, 11) is 0. The lowest BCUT2D eigenvalue weighted by molar-refractivity contribution is -0.207. The van der Waals surface area contributed by atoms with Gasteiger partial charge in [0.25, 0.3) is 0 Å². The van der Waals surface area contributed by atoms with Gasteiger partial charge in [-0.3, -0.25) is 0 Å². The van der Waals surface area contributed by atoms with Crippen molar-refractivity contribution in [2.75, 3.05) is 0 Å². The third-order valence-electron chi connectivity index (χ3n) is 1.80. The number of aromatic nitrogens is 1. The largest absolute Gasteiger partial charge is 0.418 e. The van der Waals surface area contributed by atoms with Crippen LogP contribution >= 0.6 is 11.6 Å². The van der Waals surface area contributed by atoms with Gasteiger partial charge in [0.05, 0.1) is 5.56 Å². The van der Waals surface area contributed by atoms with Crippen molar-refractivity contribution in [3.63, 3.8) is 0 Å². The van der Waals surface area contributed by atoms with Gasteiger partial charge in [0.15, 0.2) is 6.10 Å². The molecule has 1 heterocycles. The molecule has 1 unspecified atom stereocenters. The lowest BCUT2D eigenvalue weighted by Gasteiger charge is -2.17. The van der Waals surface area contributed by atoms with E-state index in [1.54, 1.807) is 0 Å². The third-order valence-corrected chi connectivity index (χ3v) is 2.11. The van der Waals surface area contributed by atoms with Crippen molar-refractivity contribution in [3.8, 4) is 0 Å². The van der Waals surface area contributed by atoms with Gasteiger partial charge in [-0.25, -0.2) is 4.98 Å². The monoisotopic (exact) mass is 279 g/mol. The summed E-state index contributed by atoms with van der Waals surface area (Å²) < 4.78 is 73.0. The molecule has 0 aliphatic heterocycles. The second-order valence-corrected chi connectivity index (χ2v) is 3.40. The van der Waals surface area contributed by atoms with Crippen molar-refractivity contribution in [1.82, 2.24) is 4.98 Å². The average Bonchev–Trinajstić information content (AvgIpc) is 2.14. The number of hydrogen-bond donors (Lipinski definition) is 1. The molecular weight excluding hydrogens is 276 g/mol. The van der Waals surface area contributed by atoms with Crippen molar-refractivity contribution in [2.45, 2.75) is 18.5 Å². The highest BCUT2D eigenvalue weighted by molar-refractivity contribution is 6.30. The Labute approximate surface area is 95.8 Å². The molecule has 0 radical (unpaired) electrons. The Balaban J connectivity index is 3.25. The predicted octanol–water partition coefficient (Wildman–Crippen LogP) is 3.35. The van der Waals surface area contributed by atoms with Crippen LogP contribution in [0.5, 0.6) is 0 Å². The number of hydrogen-bond acceptors (Lipinski definition) is 2. The van der Waals surface area contributed by atoms with E-state index >= 15 is 0 Å². The summed E-state index contributed by atoms with van der Waals surface area (Å²) in [5.41, 5.74) is -2.55. The molecule has 0 bridgehead atoms. The fourth-order valence-electron chi connectivity index (χ4n) is 0.988. The van der Waals surface area contributed by atoms with Crippen LogP contribution in [0, 0.1) is 0 Å². The fraction of sp³-hybridized carbons (Fsp3) is 0.375. The Morgan fingerprint density at radius 3 is 2.12 bits per heavy atom. The molecule has 0 aromatic carbocycles. The number of aliphatic hydroxyl groups is 1. The first-order valence-corrected chi connectivity index (χ1v) is 4.38. The Kier molecular flexibility index (Phi) is 3.58. The van der Waals surface area contributed by atoms with Gasteiger partial charge in [-0.15, -0.1) is 0 Å². The summed E-state index contributed by atoms with van der Waals surface area (Å²) in [5, 5.41) is 7.98. The van der Waals surface area contributed by atoms with E-state index in [2.05, 4.69) is 4.98 Å². The van der Waals surface area contributed by atoms with Crippen molar-refractivity contribution in [3.05, 3.63) is 28.5 Å². The first-order chi connectivity index (χ1) is 7.53. The van der Waals surface area contributed by atoms with Crippen LogP contribution in [-0.4, -0.2) is 16.3 Å². The fourth-order valence-corrected chi connectivity index (χ4v) is 1.19. The summed E-state index contributed by atoms with van der Waals surface area (Å²) in [4.78, 5) is 2.97. The van der Waals surface area contributed by atoms with Crippen LogP contribution in [0.3, 0.4) is 0 Å². The van der Waals surface area contributed by atoms with Gasteiger partial charge in [-0.2, -0.15) is 26.3 Å². The number of nitrogens with zero attached hydrogens (tertiary/aromatic N) is 1. The minimum absolute atomic E-state index is 0.119. The summed E-state index contributed by atoms with van der Waals surface area (Å²) in [5.74, 6) is 0. The van der Waals surface area contributed by atoms with Crippen LogP contribution in [0.4, 0.5) is 26.3 Å². The minimum atomic E-state index is -5.12. The summed E-state index contributed by atoms with van der Waals surface area (Å²) in [6.07, 6.45) is -12.8. The smallest absolute Gasteiger partial charge is 0.379 e. The van der Waals surface area contributed by atoms with E-state index in [4.69, 9.17) is 16.7 Å². The molecule has 9 heteroatoms. The second kappa shape index (κ2) is 4.34. The van der Waals surface area contributed by atoms with Gasteiger partial charge >= 0.3 is 12.4 Å². The Morgan fingerprint density at radius 2 is 1.71 bits per heavy atom. The number of halogens is 7. The normalized spacial score (nSPS) is 14.8. The molecule has 0 spiro atoms. The quantitative estimate of drug-likeness (QED) is 0.632. The van der Waals surface area contributed by atoms with Gasteiger partial charge in [0.1, 0.15) is 5.15 Å². The SMILES string of the molecule is OC(c1cc(C(F)(F)F)cnc1Cl)C(F)(F)F. The van der Waals surface area contributed by atoms with E-state index in [-0.39, 0.29) is 12.3 Å². The summed E-state index contributed by atoms with van der Waals surface area (Å²) in [6, 6.07) is 0.119. The van der Waals surface area contributed by atoms with Crippen molar-refractivity contribution < 1.29 is 31.4 Å². The molecule has 17 heavy (non-hydrogen) atoms. The van der Waals surface area contributed by atoms with Crippen LogP contribution in [-0.2, 0) is 6.18 Å². The van der Waals surface area contributed by atoms with Gasteiger partial charge in [0.2, 0.25) is 0 Å². The molecule has 0 aliphatic rings. The lowest BCUT2D eigenvalue weighted by atomic mass is 10.1. The highest BCUT2D eigenvalue weighted by Crippen LogP contribution is 2.38. The van der Waals surface area contributed by atoms with Crippen LogP contribution < -0.4 is 0 Å². The zero-order valence-corrected chi connectivity index (χ0v) is 8.53. The van der Waals surface area contributed by atoms with E-state index in [1.165, 1.54) is 0 Å². The summed E-state index contributed by atoms with van der Waals surface area (Å²) >= 11 is 5.21. The lowest BCUT2D eigenvalue weighted by Crippen LogP contribution is -2.21. The Bertz CT molecular complexity index is 415. The van der Waals surface area contributed by atoms with Crippen LogP contribution in [0.25, 0.3) is 0 Å².